The Morgan fingerprint density at radius 2 is 1.66 bits per heavy atom. The van der Waals surface area contributed by atoms with Gasteiger partial charge in [-0.1, -0.05) is 37.6 Å². The molecule has 152 valence electrons. The summed E-state index contributed by atoms with van der Waals surface area (Å²) in [5.41, 5.74) is 0.608. The first-order valence-electron chi connectivity index (χ1n) is 9.59. The van der Waals surface area contributed by atoms with Crippen molar-refractivity contribution in [2.75, 3.05) is 19.0 Å². The Morgan fingerprint density at radius 3 is 2.41 bits per heavy atom. The maximum Gasteiger partial charge on any atom is 0.291 e. The van der Waals surface area contributed by atoms with Gasteiger partial charge in [-0.2, -0.15) is 0 Å². The molecule has 0 fully saturated rings. The number of amides is 1. The number of ether oxygens (including phenoxy) is 3. The predicted octanol–water partition coefficient (Wildman–Crippen LogP) is 5.30. The highest BCUT2D eigenvalue weighted by Crippen LogP contribution is 2.27. The lowest BCUT2D eigenvalue weighted by atomic mass is 10.2. The van der Waals surface area contributed by atoms with Crippen LogP contribution >= 0.6 is 0 Å². The van der Waals surface area contributed by atoms with Gasteiger partial charge in [0.1, 0.15) is 18.1 Å². The summed E-state index contributed by atoms with van der Waals surface area (Å²) in [6.07, 6.45) is 2.00. The Hall–Kier alpha value is -3.41. The van der Waals surface area contributed by atoms with Crippen LogP contribution in [0.5, 0.6) is 17.2 Å². The SMILES string of the molecule is CCCCOc1ccccc1NC(=O)c1ccc(COc2ccccc2OC)o1. The molecule has 1 amide bonds. The van der Waals surface area contributed by atoms with Gasteiger partial charge >= 0.3 is 0 Å². The second kappa shape index (κ2) is 10.2. The van der Waals surface area contributed by atoms with Crippen LogP contribution in [0.4, 0.5) is 5.69 Å². The van der Waals surface area contributed by atoms with Gasteiger partial charge in [-0.15, -0.1) is 0 Å². The fraction of sp³-hybridized carbons (Fsp3) is 0.261. The third-order valence-corrected chi connectivity index (χ3v) is 4.22. The van der Waals surface area contributed by atoms with E-state index in [0.29, 0.717) is 35.3 Å². The molecule has 0 radical (unpaired) electrons. The van der Waals surface area contributed by atoms with Crippen molar-refractivity contribution in [3.05, 3.63) is 72.2 Å². The van der Waals surface area contributed by atoms with Crippen LogP contribution in [0.1, 0.15) is 36.1 Å². The first-order valence-corrected chi connectivity index (χ1v) is 9.59. The maximum absolute atomic E-state index is 12.6. The Bertz CT molecular complexity index is 934. The van der Waals surface area contributed by atoms with E-state index >= 15 is 0 Å². The number of furan rings is 1. The fourth-order valence-electron chi connectivity index (χ4n) is 2.67. The number of para-hydroxylation sites is 4. The Kier molecular flexibility index (Phi) is 7.16. The zero-order valence-electron chi connectivity index (χ0n) is 16.6. The van der Waals surface area contributed by atoms with E-state index in [0.717, 1.165) is 12.8 Å². The number of unbranched alkanes of at least 4 members (excludes halogenated alkanes) is 1. The molecule has 0 spiro atoms. The predicted molar refractivity (Wildman–Crippen MR) is 111 cm³/mol. The van der Waals surface area contributed by atoms with Gasteiger partial charge in [-0.3, -0.25) is 4.79 Å². The minimum atomic E-state index is -0.347. The maximum atomic E-state index is 12.6. The first kappa shape index (κ1) is 20.3. The summed E-state index contributed by atoms with van der Waals surface area (Å²) in [6, 6.07) is 18.0. The summed E-state index contributed by atoms with van der Waals surface area (Å²) in [5, 5.41) is 2.84. The highest BCUT2D eigenvalue weighted by atomic mass is 16.5. The Labute approximate surface area is 170 Å². The second-order valence-corrected chi connectivity index (χ2v) is 6.36. The topological polar surface area (TPSA) is 69.9 Å². The first-order chi connectivity index (χ1) is 14.2. The molecule has 1 heterocycles. The van der Waals surface area contributed by atoms with Crippen molar-refractivity contribution in [3.63, 3.8) is 0 Å². The number of hydrogen-bond donors (Lipinski definition) is 1. The molecule has 2 aromatic carbocycles. The van der Waals surface area contributed by atoms with Gasteiger partial charge in [0.15, 0.2) is 17.3 Å². The van der Waals surface area contributed by atoms with E-state index in [1.807, 2.05) is 42.5 Å². The standard InChI is InChI=1S/C23H25NO5/c1-3-4-15-27-19-10-6-5-9-18(19)24-23(25)22-14-13-17(29-22)16-28-21-12-8-7-11-20(21)26-2/h5-14H,3-4,15-16H2,1-2H3,(H,24,25). The number of carbonyl (C=O) groups excluding carboxylic acids is 1. The summed E-state index contributed by atoms with van der Waals surface area (Å²) < 4.78 is 22.4. The molecule has 6 nitrogen and oxygen atoms in total. The van der Waals surface area contributed by atoms with Gasteiger partial charge in [0.25, 0.3) is 5.91 Å². The summed E-state index contributed by atoms with van der Waals surface area (Å²) in [5.74, 6) is 2.27. The number of nitrogens with one attached hydrogen (secondary N) is 1. The van der Waals surface area contributed by atoms with Crippen molar-refractivity contribution in [1.29, 1.82) is 0 Å². The summed E-state index contributed by atoms with van der Waals surface area (Å²) >= 11 is 0. The van der Waals surface area contributed by atoms with Crippen molar-refractivity contribution >= 4 is 11.6 Å². The van der Waals surface area contributed by atoms with Crippen LogP contribution in [-0.4, -0.2) is 19.6 Å². The van der Waals surface area contributed by atoms with E-state index in [1.54, 1.807) is 25.3 Å². The van der Waals surface area contributed by atoms with Crippen molar-refractivity contribution in [3.8, 4) is 17.2 Å². The molecule has 3 rings (SSSR count). The lowest BCUT2D eigenvalue weighted by Gasteiger charge is -2.11. The summed E-state index contributed by atoms with van der Waals surface area (Å²) in [7, 11) is 1.58. The van der Waals surface area contributed by atoms with Gasteiger partial charge in [0.05, 0.1) is 19.4 Å². The number of carbonyl (C=O) groups is 1. The van der Waals surface area contributed by atoms with Crippen LogP contribution < -0.4 is 19.5 Å². The Morgan fingerprint density at radius 1 is 0.931 bits per heavy atom. The highest BCUT2D eigenvalue weighted by molar-refractivity contribution is 6.03. The molecule has 6 heteroatoms. The van der Waals surface area contributed by atoms with Gasteiger partial charge in [-0.05, 0) is 42.8 Å². The minimum Gasteiger partial charge on any atom is -0.493 e. The lowest BCUT2D eigenvalue weighted by molar-refractivity contribution is 0.0992. The van der Waals surface area contributed by atoms with E-state index < -0.39 is 0 Å². The van der Waals surface area contributed by atoms with Crippen LogP contribution in [0.25, 0.3) is 0 Å². The van der Waals surface area contributed by atoms with E-state index in [1.165, 1.54) is 0 Å². The molecule has 0 aliphatic rings. The third-order valence-electron chi connectivity index (χ3n) is 4.22. The second-order valence-electron chi connectivity index (χ2n) is 6.36. The lowest BCUT2D eigenvalue weighted by Crippen LogP contribution is -2.12. The molecule has 0 atom stereocenters. The smallest absolute Gasteiger partial charge is 0.291 e. The average molecular weight is 395 g/mol. The van der Waals surface area contributed by atoms with E-state index in [4.69, 9.17) is 18.6 Å². The van der Waals surface area contributed by atoms with Gasteiger partial charge < -0.3 is 23.9 Å². The summed E-state index contributed by atoms with van der Waals surface area (Å²) in [4.78, 5) is 12.6. The summed E-state index contributed by atoms with van der Waals surface area (Å²) in [6.45, 7) is 2.89. The van der Waals surface area contributed by atoms with Crippen molar-refractivity contribution in [2.24, 2.45) is 0 Å². The van der Waals surface area contributed by atoms with Gasteiger partial charge in [0, 0.05) is 0 Å². The molecular weight excluding hydrogens is 370 g/mol. The van der Waals surface area contributed by atoms with Crippen molar-refractivity contribution in [1.82, 2.24) is 0 Å². The number of rotatable bonds is 10. The molecule has 0 saturated carbocycles. The molecule has 0 unspecified atom stereocenters. The average Bonchev–Trinajstić information content (AvgIpc) is 3.23. The quantitative estimate of drug-likeness (QED) is 0.472. The van der Waals surface area contributed by atoms with Crippen LogP contribution in [0.15, 0.2) is 65.1 Å². The fourth-order valence-corrected chi connectivity index (χ4v) is 2.67. The molecule has 0 aliphatic carbocycles. The number of anilines is 1. The zero-order chi connectivity index (χ0) is 20.5. The molecule has 1 aromatic heterocycles. The molecule has 1 N–H and O–H groups in total. The third kappa shape index (κ3) is 5.54. The number of methoxy groups -OCH3 is 1. The van der Waals surface area contributed by atoms with Crippen LogP contribution in [0.2, 0.25) is 0 Å². The number of benzene rings is 2. The van der Waals surface area contributed by atoms with Gasteiger partial charge in [0.2, 0.25) is 0 Å². The Balaban J connectivity index is 1.61. The monoisotopic (exact) mass is 395 g/mol. The largest absolute Gasteiger partial charge is 0.493 e. The minimum absolute atomic E-state index is 0.185. The van der Waals surface area contributed by atoms with E-state index in [2.05, 4.69) is 12.2 Å². The van der Waals surface area contributed by atoms with Crippen LogP contribution in [0, 0.1) is 0 Å². The van der Waals surface area contributed by atoms with Crippen LogP contribution in [0.3, 0.4) is 0 Å². The van der Waals surface area contributed by atoms with Crippen molar-refractivity contribution in [2.45, 2.75) is 26.4 Å². The molecule has 0 aliphatic heterocycles. The molecule has 0 saturated heterocycles. The normalized spacial score (nSPS) is 10.4. The number of hydrogen-bond acceptors (Lipinski definition) is 5. The molecule has 29 heavy (non-hydrogen) atoms. The van der Waals surface area contributed by atoms with E-state index in [9.17, 15) is 4.79 Å². The molecule has 3 aromatic rings. The van der Waals surface area contributed by atoms with Gasteiger partial charge in [-0.25, -0.2) is 0 Å². The van der Waals surface area contributed by atoms with Crippen molar-refractivity contribution < 1.29 is 23.4 Å². The molecular formula is C23H25NO5. The zero-order valence-corrected chi connectivity index (χ0v) is 16.6. The highest BCUT2D eigenvalue weighted by Gasteiger charge is 2.14. The molecule has 0 bridgehead atoms. The van der Waals surface area contributed by atoms with E-state index in [-0.39, 0.29) is 18.3 Å². The van der Waals surface area contributed by atoms with Crippen LogP contribution in [-0.2, 0) is 6.61 Å².